The van der Waals surface area contributed by atoms with Crippen molar-refractivity contribution in [1.29, 1.82) is 0 Å². The van der Waals surface area contributed by atoms with Crippen LogP contribution in [0.5, 0.6) is 0 Å². The van der Waals surface area contributed by atoms with Crippen molar-refractivity contribution in [2.24, 2.45) is 23.7 Å². The number of rotatable bonds is 5. The van der Waals surface area contributed by atoms with Gasteiger partial charge in [0.1, 0.15) is 5.69 Å². The van der Waals surface area contributed by atoms with E-state index in [1.807, 2.05) is 11.8 Å². The first-order valence-electron chi connectivity index (χ1n) is 10.5. The zero-order valence-corrected chi connectivity index (χ0v) is 19.0. The van der Waals surface area contributed by atoms with Crippen LogP contribution in [0.25, 0.3) is 0 Å². The van der Waals surface area contributed by atoms with E-state index >= 15 is 0 Å². The lowest BCUT2D eigenvalue weighted by Crippen LogP contribution is -2.54. The first kappa shape index (κ1) is 23.4. The second-order valence-electron chi connectivity index (χ2n) is 8.71. The molecule has 0 N–H and O–H groups in total. The summed E-state index contributed by atoms with van der Waals surface area (Å²) in [5.41, 5.74) is 0.512. The molecule has 8 heteroatoms. The number of carbonyl (C=O) groups excluding carboxylic acids is 2. The van der Waals surface area contributed by atoms with Crippen LogP contribution in [-0.4, -0.2) is 40.6 Å². The van der Waals surface area contributed by atoms with Gasteiger partial charge in [0.15, 0.2) is 5.78 Å². The van der Waals surface area contributed by atoms with Crippen LogP contribution in [0.4, 0.5) is 8.78 Å². The van der Waals surface area contributed by atoms with Crippen LogP contribution < -0.4 is 0 Å². The van der Waals surface area contributed by atoms with Gasteiger partial charge < -0.3 is 4.90 Å². The average Bonchev–Trinajstić information content (AvgIpc) is 2.70. The number of aromatic nitrogens is 1. The molecule has 5 atom stereocenters. The van der Waals surface area contributed by atoms with E-state index in [0.29, 0.717) is 12.1 Å². The van der Waals surface area contributed by atoms with E-state index < -0.39 is 12.3 Å². The number of carbonyl (C=O) groups is 2. The van der Waals surface area contributed by atoms with Gasteiger partial charge in [0.2, 0.25) is 12.3 Å². The van der Waals surface area contributed by atoms with E-state index in [1.54, 1.807) is 6.92 Å². The fourth-order valence-electron chi connectivity index (χ4n) is 5.44. The highest BCUT2D eigenvalue weighted by Gasteiger charge is 2.45. The van der Waals surface area contributed by atoms with Crippen molar-refractivity contribution in [3.8, 4) is 0 Å². The number of amides is 1. The number of piperidine rings is 1. The molecule has 0 aromatic carbocycles. The second-order valence-corrected chi connectivity index (χ2v) is 9.50. The van der Waals surface area contributed by atoms with Gasteiger partial charge in [-0.05, 0) is 43.9 Å². The van der Waals surface area contributed by atoms with Crippen molar-refractivity contribution in [1.82, 2.24) is 9.88 Å². The molecular weight excluding hydrogens is 433 g/mol. The average molecular weight is 461 g/mol. The molecule has 1 saturated heterocycles. The molecule has 2 aliphatic rings. The third-order valence-corrected chi connectivity index (χ3v) is 7.84. The van der Waals surface area contributed by atoms with Crippen LogP contribution >= 0.6 is 23.2 Å². The molecule has 4 nitrogen and oxygen atoms in total. The standard InChI is InChI=1S/C22H28Cl2F2N2O2/c1-11(22(25)26)14-5-4-6-15-12(2)28(8-7-16(14)15)19(30)9-17-18(23)10-27-21(13(3)29)20(17)24/h10-12,14-16,22H,4-9H2,1-3H3. The third-order valence-electron chi connectivity index (χ3n) is 7.11. The fourth-order valence-corrected chi connectivity index (χ4v) is 6.05. The summed E-state index contributed by atoms with van der Waals surface area (Å²) in [5.74, 6) is -0.578. The van der Waals surface area contributed by atoms with Gasteiger partial charge in [0.05, 0.1) is 16.5 Å². The van der Waals surface area contributed by atoms with E-state index in [9.17, 15) is 18.4 Å². The van der Waals surface area contributed by atoms with Gasteiger partial charge in [-0.25, -0.2) is 13.8 Å². The van der Waals surface area contributed by atoms with Gasteiger partial charge in [0, 0.05) is 37.2 Å². The number of fused-ring (bicyclic) bond motifs is 1. The number of hydrogen-bond acceptors (Lipinski definition) is 3. The Bertz CT molecular complexity index is 821. The number of Topliss-reactive ketones (excluding diaryl/α,β-unsaturated/α-hetero) is 1. The molecule has 1 aromatic rings. The number of alkyl halides is 2. The Hall–Kier alpha value is -1.27. The van der Waals surface area contributed by atoms with Crippen LogP contribution in [0, 0.1) is 23.7 Å². The van der Waals surface area contributed by atoms with Crippen molar-refractivity contribution in [2.45, 2.75) is 65.3 Å². The number of ketones is 1. The molecule has 2 heterocycles. The summed E-state index contributed by atoms with van der Waals surface area (Å²) in [4.78, 5) is 30.7. The largest absolute Gasteiger partial charge is 0.339 e. The summed E-state index contributed by atoms with van der Waals surface area (Å²) < 4.78 is 26.7. The lowest BCUT2D eigenvalue weighted by Gasteiger charge is -2.50. The van der Waals surface area contributed by atoms with E-state index in [2.05, 4.69) is 4.98 Å². The number of nitrogens with zero attached hydrogens (tertiary/aromatic N) is 2. The van der Waals surface area contributed by atoms with Gasteiger partial charge in [-0.15, -0.1) is 0 Å². The highest BCUT2D eigenvalue weighted by Crippen LogP contribution is 2.47. The van der Waals surface area contributed by atoms with Crippen LogP contribution in [0.3, 0.4) is 0 Å². The maximum absolute atomic E-state index is 13.4. The molecular formula is C22H28Cl2F2N2O2. The highest BCUT2D eigenvalue weighted by molar-refractivity contribution is 6.38. The van der Waals surface area contributed by atoms with Crippen molar-refractivity contribution >= 4 is 34.9 Å². The summed E-state index contributed by atoms with van der Waals surface area (Å²) in [7, 11) is 0. The predicted molar refractivity (Wildman–Crippen MR) is 113 cm³/mol. The monoisotopic (exact) mass is 460 g/mol. The number of hydrogen-bond donors (Lipinski definition) is 0. The molecule has 30 heavy (non-hydrogen) atoms. The van der Waals surface area contributed by atoms with E-state index in [4.69, 9.17) is 23.2 Å². The molecule has 1 aliphatic carbocycles. The van der Waals surface area contributed by atoms with E-state index in [1.165, 1.54) is 13.1 Å². The molecule has 166 valence electrons. The van der Waals surface area contributed by atoms with Crippen LogP contribution in [0.15, 0.2) is 6.20 Å². The van der Waals surface area contributed by atoms with Crippen molar-refractivity contribution < 1.29 is 18.4 Å². The summed E-state index contributed by atoms with van der Waals surface area (Å²) in [6, 6.07) is -0.0319. The van der Waals surface area contributed by atoms with Gasteiger partial charge in [-0.1, -0.05) is 36.5 Å². The third kappa shape index (κ3) is 4.50. The topological polar surface area (TPSA) is 50.3 Å². The second kappa shape index (κ2) is 9.47. The molecule has 1 aliphatic heterocycles. The van der Waals surface area contributed by atoms with Crippen LogP contribution in [0.1, 0.15) is 62.5 Å². The molecule has 5 unspecified atom stereocenters. The Labute approximate surface area is 186 Å². The number of likely N-dealkylation sites (tertiary alicyclic amines) is 1. The minimum Gasteiger partial charge on any atom is -0.339 e. The summed E-state index contributed by atoms with van der Waals surface area (Å²) >= 11 is 12.5. The molecule has 3 rings (SSSR count). The summed E-state index contributed by atoms with van der Waals surface area (Å²) in [6.07, 6.45) is 2.46. The predicted octanol–water partition coefficient (Wildman–Crippen LogP) is 5.69. The summed E-state index contributed by atoms with van der Waals surface area (Å²) in [5, 5.41) is 0.374. The molecule has 0 bridgehead atoms. The Morgan fingerprint density at radius 1 is 1.23 bits per heavy atom. The molecule has 1 amide bonds. The van der Waals surface area contributed by atoms with Crippen LogP contribution in [0.2, 0.25) is 10.0 Å². The molecule has 1 saturated carbocycles. The van der Waals surface area contributed by atoms with Crippen molar-refractivity contribution in [3.63, 3.8) is 0 Å². The Balaban J connectivity index is 1.77. The Morgan fingerprint density at radius 3 is 2.57 bits per heavy atom. The Morgan fingerprint density at radius 2 is 1.93 bits per heavy atom. The molecule has 2 fully saturated rings. The van der Waals surface area contributed by atoms with Crippen LogP contribution in [-0.2, 0) is 11.2 Å². The minimum absolute atomic E-state index is 0.00524. The van der Waals surface area contributed by atoms with Crippen molar-refractivity contribution in [3.05, 3.63) is 27.5 Å². The normalized spacial score (nSPS) is 27.7. The zero-order chi connectivity index (χ0) is 22.2. The lowest BCUT2D eigenvalue weighted by molar-refractivity contribution is -0.139. The molecule has 0 radical (unpaired) electrons. The van der Waals surface area contributed by atoms with E-state index in [-0.39, 0.29) is 57.6 Å². The number of pyridine rings is 1. The highest BCUT2D eigenvalue weighted by atomic mass is 35.5. The summed E-state index contributed by atoms with van der Waals surface area (Å²) in [6.45, 7) is 5.56. The zero-order valence-electron chi connectivity index (χ0n) is 17.5. The minimum atomic E-state index is -2.31. The quantitative estimate of drug-likeness (QED) is 0.530. The van der Waals surface area contributed by atoms with Gasteiger partial charge in [0.25, 0.3) is 0 Å². The smallest absolute Gasteiger partial charge is 0.241 e. The van der Waals surface area contributed by atoms with E-state index in [0.717, 1.165) is 25.7 Å². The fraction of sp³-hybridized carbons (Fsp3) is 0.682. The van der Waals surface area contributed by atoms with Gasteiger partial charge >= 0.3 is 0 Å². The molecule has 0 spiro atoms. The maximum Gasteiger partial charge on any atom is 0.241 e. The van der Waals surface area contributed by atoms with Crippen molar-refractivity contribution in [2.75, 3.05) is 6.54 Å². The van der Waals surface area contributed by atoms with Gasteiger partial charge in [-0.3, -0.25) is 9.59 Å². The van der Waals surface area contributed by atoms with Gasteiger partial charge in [-0.2, -0.15) is 0 Å². The maximum atomic E-state index is 13.4. The SMILES string of the molecule is CC(=O)c1ncc(Cl)c(CC(=O)N2CCC3C(C(C)C(F)F)CCCC3C2C)c1Cl. The first-order valence-corrected chi connectivity index (χ1v) is 11.3. The lowest BCUT2D eigenvalue weighted by atomic mass is 9.62. The Kier molecular flexibility index (Phi) is 7.39. The number of halogens is 4. The first-order chi connectivity index (χ1) is 14.1. The molecule has 1 aromatic heterocycles.